The second-order valence-corrected chi connectivity index (χ2v) is 6.93. The van der Waals surface area contributed by atoms with E-state index in [9.17, 15) is 0 Å². The SMILES string of the molecule is Cc1cc(/C=N/n2c(COc3ccc(C(C)C)cc3)n[nH]c2=S)c(C)[nH]1. The number of aromatic nitrogens is 4. The van der Waals surface area contributed by atoms with Crippen molar-refractivity contribution < 1.29 is 4.74 Å². The summed E-state index contributed by atoms with van der Waals surface area (Å²) in [5.41, 5.74) is 4.45. The van der Waals surface area contributed by atoms with Crippen LogP contribution in [0.2, 0.25) is 0 Å². The summed E-state index contributed by atoms with van der Waals surface area (Å²) in [5.74, 6) is 1.90. The molecule has 26 heavy (non-hydrogen) atoms. The molecular formula is C19H23N5OS. The van der Waals surface area contributed by atoms with Gasteiger partial charge in [0.15, 0.2) is 5.82 Å². The molecule has 2 N–H and O–H groups in total. The van der Waals surface area contributed by atoms with Crippen LogP contribution in [0.4, 0.5) is 0 Å². The Hall–Kier alpha value is -2.67. The highest BCUT2D eigenvalue weighted by Crippen LogP contribution is 2.19. The van der Waals surface area contributed by atoms with Crippen LogP contribution < -0.4 is 4.74 Å². The van der Waals surface area contributed by atoms with Gasteiger partial charge < -0.3 is 9.72 Å². The second-order valence-electron chi connectivity index (χ2n) is 6.55. The van der Waals surface area contributed by atoms with Crippen molar-refractivity contribution in [3.8, 4) is 5.75 Å². The molecule has 0 aliphatic rings. The van der Waals surface area contributed by atoms with Gasteiger partial charge in [0.2, 0.25) is 4.77 Å². The van der Waals surface area contributed by atoms with Crippen molar-refractivity contribution in [1.29, 1.82) is 0 Å². The van der Waals surface area contributed by atoms with Crippen molar-refractivity contribution in [2.45, 2.75) is 40.2 Å². The van der Waals surface area contributed by atoms with Crippen molar-refractivity contribution >= 4 is 18.4 Å². The Bertz CT molecular complexity index is 963. The van der Waals surface area contributed by atoms with Crippen LogP contribution in [0.3, 0.4) is 0 Å². The molecule has 7 heteroatoms. The lowest BCUT2D eigenvalue weighted by molar-refractivity contribution is 0.290. The lowest BCUT2D eigenvalue weighted by Gasteiger charge is -2.08. The fraction of sp³-hybridized carbons (Fsp3) is 0.316. The molecule has 0 atom stereocenters. The van der Waals surface area contributed by atoms with Crippen LogP contribution in [-0.4, -0.2) is 26.1 Å². The fourth-order valence-corrected chi connectivity index (χ4v) is 2.83. The normalized spacial score (nSPS) is 11.6. The molecule has 3 aromatic rings. The van der Waals surface area contributed by atoms with Gasteiger partial charge in [-0.05, 0) is 55.7 Å². The molecular weight excluding hydrogens is 346 g/mol. The van der Waals surface area contributed by atoms with Crippen LogP contribution in [-0.2, 0) is 6.61 Å². The first-order valence-corrected chi connectivity index (χ1v) is 8.94. The van der Waals surface area contributed by atoms with Crippen LogP contribution in [0.5, 0.6) is 5.75 Å². The Labute approximate surface area is 157 Å². The molecule has 0 bridgehead atoms. The van der Waals surface area contributed by atoms with E-state index in [4.69, 9.17) is 17.0 Å². The minimum atomic E-state index is 0.274. The predicted octanol–water partition coefficient (Wildman–Crippen LogP) is 4.47. The highest BCUT2D eigenvalue weighted by atomic mass is 32.1. The zero-order valence-electron chi connectivity index (χ0n) is 15.4. The third-order valence-electron chi connectivity index (χ3n) is 4.13. The minimum Gasteiger partial charge on any atom is -0.486 e. The van der Waals surface area contributed by atoms with Crippen molar-refractivity contribution in [2.75, 3.05) is 0 Å². The molecule has 0 saturated heterocycles. The first-order chi connectivity index (χ1) is 12.4. The molecule has 2 aromatic heterocycles. The number of ether oxygens (including phenoxy) is 1. The standard InChI is InChI=1S/C19H23N5OS/c1-12(2)15-5-7-17(8-6-15)25-11-18-22-23-19(26)24(18)20-10-16-9-13(3)21-14(16)4/h5-10,12,21H,11H2,1-4H3,(H,23,26)/b20-10+. The largest absolute Gasteiger partial charge is 0.486 e. The summed E-state index contributed by atoms with van der Waals surface area (Å²) in [4.78, 5) is 3.25. The summed E-state index contributed by atoms with van der Waals surface area (Å²) >= 11 is 5.27. The maximum atomic E-state index is 5.83. The average Bonchev–Trinajstić information content (AvgIpc) is 3.12. The smallest absolute Gasteiger partial charge is 0.216 e. The number of nitrogens with one attached hydrogen (secondary N) is 2. The number of hydrogen-bond donors (Lipinski definition) is 2. The summed E-state index contributed by atoms with van der Waals surface area (Å²) in [5, 5.41) is 11.4. The average molecular weight is 369 g/mol. The van der Waals surface area contributed by atoms with Crippen molar-refractivity contribution in [3.05, 3.63) is 63.4 Å². The van der Waals surface area contributed by atoms with Gasteiger partial charge in [-0.3, -0.25) is 0 Å². The molecule has 2 heterocycles. The molecule has 0 saturated carbocycles. The third kappa shape index (κ3) is 4.11. The van der Waals surface area contributed by atoms with Crippen molar-refractivity contribution in [2.24, 2.45) is 5.10 Å². The Morgan fingerprint density at radius 3 is 2.62 bits per heavy atom. The second kappa shape index (κ2) is 7.70. The van der Waals surface area contributed by atoms with Gasteiger partial charge in [-0.2, -0.15) is 14.9 Å². The van der Waals surface area contributed by atoms with Gasteiger partial charge in [0.25, 0.3) is 0 Å². The van der Waals surface area contributed by atoms with E-state index in [2.05, 4.69) is 46.3 Å². The van der Waals surface area contributed by atoms with Gasteiger partial charge in [0, 0.05) is 17.0 Å². The predicted molar refractivity (Wildman–Crippen MR) is 106 cm³/mol. The van der Waals surface area contributed by atoms with E-state index >= 15 is 0 Å². The lowest BCUT2D eigenvalue weighted by Crippen LogP contribution is -2.04. The van der Waals surface area contributed by atoms with Gasteiger partial charge in [-0.25, -0.2) is 5.10 Å². The van der Waals surface area contributed by atoms with Gasteiger partial charge in [0.05, 0.1) is 6.21 Å². The van der Waals surface area contributed by atoms with Gasteiger partial charge >= 0.3 is 0 Å². The minimum absolute atomic E-state index is 0.274. The maximum absolute atomic E-state index is 5.83. The van der Waals surface area contributed by atoms with Gasteiger partial charge in [0.1, 0.15) is 12.4 Å². The van der Waals surface area contributed by atoms with Crippen molar-refractivity contribution in [3.63, 3.8) is 0 Å². The number of aryl methyl sites for hydroxylation is 2. The first-order valence-electron chi connectivity index (χ1n) is 8.53. The molecule has 0 spiro atoms. The fourth-order valence-electron chi connectivity index (χ4n) is 2.63. The summed E-state index contributed by atoms with van der Waals surface area (Å²) in [6.07, 6.45) is 1.77. The number of nitrogens with zero attached hydrogens (tertiary/aromatic N) is 3. The Morgan fingerprint density at radius 1 is 1.27 bits per heavy atom. The quantitative estimate of drug-likeness (QED) is 0.497. The number of rotatable bonds is 6. The van der Waals surface area contributed by atoms with E-state index in [0.717, 1.165) is 22.7 Å². The monoisotopic (exact) mass is 369 g/mol. The molecule has 3 rings (SSSR count). The Kier molecular flexibility index (Phi) is 5.37. The number of hydrogen-bond acceptors (Lipinski definition) is 4. The zero-order valence-corrected chi connectivity index (χ0v) is 16.2. The highest BCUT2D eigenvalue weighted by Gasteiger charge is 2.07. The number of benzene rings is 1. The summed E-state index contributed by atoms with van der Waals surface area (Å²) in [6.45, 7) is 8.63. The summed E-state index contributed by atoms with van der Waals surface area (Å²) < 4.78 is 7.84. The molecule has 6 nitrogen and oxygen atoms in total. The van der Waals surface area contributed by atoms with Crippen molar-refractivity contribution in [1.82, 2.24) is 19.9 Å². The van der Waals surface area contributed by atoms with Gasteiger partial charge in [-0.15, -0.1) is 0 Å². The van der Waals surface area contributed by atoms with E-state index in [1.54, 1.807) is 10.9 Å². The molecule has 0 aliphatic heterocycles. The van der Waals surface area contributed by atoms with E-state index in [1.807, 2.05) is 32.0 Å². The summed E-state index contributed by atoms with van der Waals surface area (Å²) in [6, 6.07) is 10.1. The van der Waals surface area contributed by atoms with E-state index in [-0.39, 0.29) is 6.61 Å². The summed E-state index contributed by atoms with van der Waals surface area (Å²) in [7, 11) is 0. The van der Waals surface area contributed by atoms with Gasteiger partial charge in [-0.1, -0.05) is 26.0 Å². The van der Waals surface area contributed by atoms with Crippen LogP contribution in [0.1, 0.15) is 48.1 Å². The maximum Gasteiger partial charge on any atom is 0.216 e. The lowest BCUT2D eigenvalue weighted by atomic mass is 10.0. The Balaban J connectivity index is 1.73. The topological polar surface area (TPSA) is 71.0 Å². The number of aromatic amines is 2. The first kappa shape index (κ1) is 18.1. The van der Waals surface area contributed by atoms with Crippen LogP contribution in [0.15, 0.2) is 35.4 Å². The molecule has 0 amide bonds. The molecule has 0 aliphatic carbocycles. The molecule has 0 fully saturated rings. The molecule has 0 radical (unpaired) electrons. The van der Waals surface area contributed by atoms with Crippen LogP contribution >= 0.6 is 12.2 Å². The van der Waals surface area contributed by atoms with Crippen LogP contribution in [0.25, 0.3) is 0 Å². The zero-order chi connectivity index (χ0) is 18.7. The van der Waals surface area contributed by atoms with E-state index in [0.29, 0.717) is 16.5 Å². The highest BCUT2D eigenvalue weighted by molar-refractivity contribution is 7.71. The van der Waals surface area contributed by atoms with Crippen LogP contribution in [0, 0.1) is 18.6 Å². The third-order valence-corrected chi connectivity index (χ3v) is 4.40. The van der Waals surface area contributed by atoms with E-state index in [1.165, 1.54) is 5.56 Å². The van der Waals surface area contributed by atoms with E-state index < -0.39 is 0 Å². The number of H-pyrrole nitrogens is 2. The molecule has 1 aromatic carbocycles. The Morgan fingerprint density at radius 2 is 2.00 bits per heavy atom. The molecule has 0 unspecified atom stereocenters. The molecule has 136 valence electrons.